The van der Waals surface area contributed by atoms with E-state index in [2.05, 4.69) is 11.3 Å². The SMILES string of the molecule is C=C(C)CC(F)(F)C(=O)OCC. The minimum absolute atomic E-state index is 0.0371. The zero-order chi connectivity index (χ0) is 9.78. The van der Waals surface area contributed by atoms with Gasteiger partial charge in [-0.3, -0.25) is 0 Å². The lowest BCUT2D eigenvalue weighted by atomic mass is 10.1. The zero-order valence-corrected chi connectivity index (χ0v) is 7.19. The summed E-state index contributed by atoms with van der Waals surface area (Å²) in [5.74, 6) is -4.91. The van der Waals surface area contributed by atoms with E-state index in [1.54, 1.807) is 0 Å². The molecule has 0 aliphatic heterocycles. The molecule has 0 aromatic carbocycles. The number of halogens is 2. The van der Waals surface area contributed by atoms with Crippen molar-refractivity contribution in [3.05, 3.63) is 12.2 Å². The van der Waals surface area contributed by atoms with Crippen molar-refractivity contribution < 1.29 is 18.3 Å². The Morgan fingerprint density at radius 3 is 2.42 bits per heavy atom. The van der Waals surface area contributed by atoms with Crippen LogP contribution in [0.15, 0.2) is 12.2 Å². The van der Waals surface area contributed by atoms with Gasteiger partial charge in [-0.05, 0) is 13.8 Å². The summed E-state index contributed by atoms with van der Waals surface area (Å²) in [4.78, 5) is 10.6. The van der Waals surface area contributed by atoms with Crippen LogP contribution in [0.2, 0.25) is 0 Å². The molecule has 12 heavy (non-hydrogen) atoms. The molecule has 0 aliphatic carbocycles. The Hall–Kier alpha value is -0.930. The highest BCUT2D eigenvalue weighted by Gasteiger charge is 2.40. The van der Waals surface area contributed by atoms with Crippen molar-refractivity contribution in [1.29, 1.82) is 0 Å². The molecule has 0 bridgehead atoms. The number of hydrogen-bond acceptors (Lipinski definition) is 2. The summed E-state index contributed by atoms with van der Waals surface area (Å²) in [5, 5.41) is 0. The maximum atomic E-state index is 12.7. The molecule has 2 nitrogen and oxygen atoms in total. The number of ether oxygens (including phenoxy) is 1. The minimum Gasteiger partial charge on any atom is -0.462 e. The second-order valence-electron chi connectivity index (χ2n) is 2.56. The molecule has 0 rings (SSSR count). The highest BCUT2D eigenvalue weighted by molar-refractivity contribution is 5.77. The Morgan fingerprint density at radius 2 is 2.08 bits per heavy atom. The third-order valence-corrected chi connectivity index (χ3v) is 1.10. The van der Waals surface area contributed by atoms with E-state index in [0.717, 1.165) is 0 Å². The summed E-state index contributed by atoms with van der Waals surface area (Å²) < 4.78 is 29.6. The molecule has 0 saturated carbocycles. The summed E-state index contributed by atoms with van der Waals surface area (Å²) >= 11 is 0. The molecule has 0 atom stereocenters. The maximum Gasteiger partial charge on any atom is 0.377 e. The number of rotatable bonds is 4. The van der Waals surface area contributed by atoms with Crippen molar-refractivity contribution in [2.45, 2.75) is 26.2 Å². The lowest BCUT2D eigenvalue weighted by molar-refractivity contribution is -0.171. The maximum absolute atomic E-state index is 12.7. The summed E-state index contributed by atoms with van der Waals surface area (Å²) in [5.41, 5.74) is 0.257. The Kier molecular flexibility index (Phi) is 3.86. The second kappa shape index (κ2) is 4.18. The average Bonchev–Trinajstić information content (AvgIpc) is 1.85. The molecule has 4 heteroatoms. The van der Waals surface area contributed by atoms with Crippen molar-refractivity contribution in [1.82, 2.24) is 0 Å². The lowest BCUT2D eigenvalue weighted by Crippen LogP contribution is -2.30. The van der Waals surface area contributed by atoms with Gasteiger partial charge in [0, 0.05) is 6.42 Å². The van der Waals surface area contributed by atoms with Crippen LogP contribution in [0.1, 0.15) is 20.3 Å². The normalized spacial score (nSPS) is 11.0. The average molecular weight is 178 g/mol. The molecule has 0 radical (unpaired) electrons. The highest BCUT2D eigenvalue weighted by Crippen LogP contribution is 2.23. The van der Waals surface area contributed by atoms with Gasteiger partial charge in [-0.25, -0.2) is 4.79 Å². The number of carbonyl (C=O) groups is 1. The van der Waals surface area contributed by atoms with Gasteiger partial charge in [0.1, 0.15) is 0 Å². The standard InChI is InChI=1S/C8H12F2O2/c1-4-12-7(11)8(9,10)5-6(2)3/h2,4-5H2,1,3H3. The smallest absolute Gasteiger partial charge is 0.377 e. The molecule has 0 fully saturated rings. The van der Waals surface area contributed by atoms with Crippen LogP contribution in [0, 0.1) is 0 Å². The minimum atomic E-state index is -3.43. The topological polar surface area (TPSA) is 26.3 Å². The van der Waals surface area contributed by atoms with Gasteiger partial charge < -0.3 is 4.74 Å². The number of allylic oxidation sites excluding steroid dienone is 1. The lowest BCUT2D eigenvalue weighted by Gasteiger charge is -2.13. The molecule has 70 valence electrons. The van der Waals surface area contributed by atoms with Crippen molar-refractivity contribution in [2.75, 3.05) is 6.61 Å². The molecule has 0 aromatic rings. The van der Waals surface area contributed by atoms with E-state index in [-0.39, 0.29) is 12.2 Å². The molecule has 0 aromatic heterocycles. The molecule has 0 saturated heterocycles. The van der Waals surface area contributed by atoms with Crippen LogP contribution in [0.3, 0.4) is 0 Å². The summed E-state index contributed by atoms with van der Waals surface area (Å²) in [6.07, 6.45) is -0.647. The van der Waals surface area contributed by atoms with Gasteiger partial charge >= 0.3 is 11.9 Å². The zero-order valence-electron chi connectivity index (χ0n) is 7.19. The van der Waals surface area contributed by atoms with Crippen molar-refractivity contribution in [2.24, 2.45) is 0 Å². The molecule has 0 unspecified atom stereocenters. The third kappa shape index (κ3) is 3.46. The fraction of sp³-hybridized carbons (Fsp3) is 0.625. The second-order valence-corrected chi connectivity index (χ2v) is 2.56. The van der Waals surface area contributed by atoms with Gasteiger partial charge in [-0.15, -0.1) is 0 Å². The van der Waals surface area contributed by atoms with Gasteiger partial charge in [0.15, 0.2) is 0 Å². The van der Waals surface area contributed by atoms with E-state index in [1.807, 2.05) is 0 Å². The number of alkyl halides is 2. The van der Waals surface area contributed by atoms with Crippen LogP contribution in [-0.2, 0) is 9.53 Å². The van der Waals surface area contributed by atoms with E-state index in [9.17, 15) is 13.6 Å². The molecule has 0 amide bonds. The van der Waals surface area contributed by atoms with Crippen LogP contribution >= 0.6 is 0 Å². The van der Waals surface area contributed by atoms with Gasteiger partial charge in [0.25, 0.3) is 0 Å². The quantitative estimate of drug-likeness (QED) is 0.487. The van der Waals surface area contributed by atoms with Crippen LogP contribution in [0.5, 0.6) is 0 Å². The first-order valence-electron chi connectivity index (χ1n) is 3.59. The van der Waals surface area contributed by atoms with E-state index in [0.29, 0.717) is 0 Å². The number of esters is 1. The Bertz CT molecular complexity index is 187. The van der Waals surface area contributed by atoms with Gasteiger partial charge in [0.2, 0.25) is 0 Å². The van der Waals surface area contributed by atoms with Crippen molar-refractivity contribution >= 4 is 5.97 Å². The monoisotopic (exact) mass is 178 g/mol. The third-order valence-electron chi connectivity index (χ3n) is 1.10. The Balaban J connectivity index is 4.18. The molecule has 0 N–H and O–H groups in total. The van der Waals surface area contributed by atoms with Gasteiger partial charge in [-0.2, -0.15) is 8.78 Å². The Morgan fingerprint density at radius 1 is 1.58 bits per heavy atom. The van der Waals surface area contributed by atoms with E-state index in [1.165, 1.54) is 13.8 Å². The van der Waals surface area contributed by atoms with Crippen LogP contribution in [0.4, 0.5) is 8.78 Å². The largest absolute Gasteiger partial charge is 0.462 e. The number of carbonyl (C=O) groups excluding carboxylic acids is 1. The predicted molar refractivity (Wildman–Crippen MR) is 41.0 cm³/mol. The summed E-state index contributed by atoms with van der Waals surface area (Å²) in [7, 11) is 0. The van der Waals surface area contributed by atoms with Crippen LogP contribution < -0.4 is 0 Å². The fourth-order valence-electron chi connectivity index (χ4n) is 0.688. The van der Waals surface area contributed by atoms with E-state index >= 15 is 0 Å². The molecule has 0 aliphatic rings. The van der Waals surface area contributed by atoms with E-state index < -0.39 is 18.3 Å². The fourth-order valence-corrected chi connectivity index (χ4v) is 0.688. The summed E-state index contributed by atoms with van der Waals surface area (Å²) in [6.45, 7) is 6.18. The summed E-state index contributed by atoms with van der Waals surface area (Å²) in [6, 6.07) is 0. The molecular weight excluding hydrogens is 166 g/mol. The first kappa shape index (κ1) is 11.1. The predicted octanol–water partition coefficient (Wildman–Crippen LogP) is 2.15. The van der Waals surface area contributed by atoms with E-state index in [4.69, 9.17) is 0 Å². The van der Waals surface area contributed by atoms with Crippen LogP contribution in [-0.4, -0.2) is 18.5 Å². The van der Waals surface area contributed by atoms with Crippen LogP contribution in [0.25, 0.3) is 0 Å². The van der Waals surface area contributed by atoms with Crippen molar-refractivity contribution in [3.63, 3.8) is 0 Å². The Labute approximate surface area is 70.2 Å². The molecular formula is C8H12F2O2. The van der Waals surface area contributed by atoms with Gasteiger partial charge in [-0.1, -0.05) is 12.2 Å². The number of hydrogen-bond donors (Lipinski definition) is 0. The highest BCUT2D eigenvalue weighted by atomic mass is 19.3. The molecule has 0 spiro atoms. The first-order valence-corrected chi connectivity index (χ1v) is 3.59. The first-order chi connectivity index (χ1) is 5.40. The molecule has 0 heterocycles. The van der Waals surface area contributed by atoms with Gasteiger partial charge in [0.05, 0.1) is 6.61 Å². The van der Waals surface area contributed by atoms with Crippen molar-refractivity contribution in [3.8, 4) is 0 Å².